The summed E-state index contributed by atoms with van der Waals surface area (Å²) in [7, 11) is -0.488. The minimum Gasteiger partial charge on any atom is -0.461 e. The number of carbonyl (C=O) groups excluding carboxylic acids is 1. The first-order valence-electron chi connectivity index (χ1n) is 6.10. The van der Waals surface area contributed by atoms with E-state index in [0.717, 1.165) is 6.42 Å². The summed E-state index contributed by atoms with van der Waals surface area (Å²) in [6, 6.07) is 0. The predicted octanol–water partition coefficient (Wildman–Crippen LogP) is 3.23. The highest BCUT2D eigenvalue weighted by atomic mass is 31.2. The van der Waals surface area contributed by atoms with Gasteiger partial charge in [0.2, 0.25) is 0 Å². The summed E-state index contributed by atoms with van der Waals surface area (Å²) in [6.07, 6.45) is 1.12. The Kier molecular flexibility index (Phi) is 7.11. The second-order valence-corrected chi connectivity index (χ2v) is 7.54. The molecule has 0 heterocycles. The number of rotatable bonds is 7. The lowest BCUT2D eigenvalue weighted by atomic mass is 9.97. The fourth-order valence-electron chi connectivity index (χ4n) is 1.31. The highest BCUT2D eigenvalue weighted by molar-refractivity contribution is 7.53. The molecule has 0 amide bonds. The van der Waals surface area contributed by atoms with E-state index < -0.39 is 19.1 Å². The third-order valence-corrected chi connectivity index (χ3v) is 4.45. The lowest BCUT2D eigenvalue weighted by molar-refractivity contribution is -0.157. The number of ether oxygens (including phenoxy) is 1. The third-order valence-electron chi connectivity index (χ3n) is 2.48. The van der Waals surface area contributed by atoms with Crippen LogP contribution in [-0.4, -0.2) is 32.5 Å². The first-order chi connectivity index (χ1) is 8.18. The van der Waals surface area contributed by atoms with Crippen LogP contribution in [0.1, 0.15) is 40.5 Å². The van der Waals surface area contributed by atoms with Gasteiger partial charge in [-0.2, -0.15) is 0 Å². The standard InChI is InChI=1S/C12H25O5P/c1-7-8-10(9-18(14,15-5)16-6)17-11(13)12(2,3)4/h10H,7-9H2,1-6H3. The minimum atomic E-state index is -3.15. The molecule has 1 unspecified atom stereocenters. The quantitative estimate of drug-likeness (QED) is 0.529. The monoisotopic (exact) mass is 280 g/mol. The summed E-state index contributed by atoms with van der Waals surface area (Å²) in [4.78, 5) is 11.8. The smallest absolute Gasteiger partial charge is 0.333 e. The molecule has 0 radical (unpaired) electrons. The summed E-state index contributed by atoms with van der Waals surface area (Å²) in [5.41, 5.74) is -0.573. The van der Waals surface area contributed by atoms with Crippen LogP contribution in [0.4, 0.5) is 0 Å². The fraction of sp³-hybridized carbons (Fsp3) is 0.917. The number of hydrogen-bond donors (Lipinski definition) is 0. The van der Waals surface area contributed by atoms with Crippen molar-refractivity contribution in [2.45, 2.75) is 46.6 Å². The molecule has 0 saturated heterocycles. The van der Waals surface area contributed by atoms with Crippen LogP contribution in [0.3, 0.4) is 0 Å². The molecule has 0 aliphatic rings. The Morgan fingerprint density at radius 3 is 2.06 bits per heavy atom. The van der Waals surface area contributed by atoms with Crippen LogP contribution in [0.15, 0.2) is 0 Å². The van der Waals surface area contributed by atoms with Gasteiger partial charge in [0.15, 0.2) is 0 Å². The van der Waals surface area contributed by atoms with Gasteiger partial charge < -0.3 is 13.8 Å². The van der Waals surface area contributed by atoms with Crippen molar-refractivity contribution in [1.82, 2.24) is 0 Å². The molecule has 0 aromatic carbocycles. The van der Waals surface area contributed by atoms with E-state index in [9.17, 15) is 9.36 Å². The summed E-state index contributed by atoms with van der Waals surface area (Å²) in [5.74, 6) is -0.306. The van der Waals surface area contributed by atoms with Crippen molar-refractivity contribution in [3.8, 4) is 0 Å². The zero-order valence-electron chi connectivity index (χ0n) is 12.2. The van der Waals surface area contributed by atoms with E-state index in [2.05, 4.69) is 0 Å². The van der Waals surface area contributed by atoms with Crippen LogP contribution in [0, 0.1) is 5.41 Å². The van der Waals surface area contributed by atoms with Crippen molar-refractivity contribution in [2.75, 3.05) is 20.4 Å². The minimum absolute atomic E-state index is 0.0929. The molecule has 0 aromatic rings. The largest absolute Gasteiger partial charge is 0.461 e. The Balaban J connectivity index is 4.68. The zero-order chi connectivity index (χ0) is 14.4. The van der Waals surface area contributed by atoms with Crippen molar-refractivity contribution in [3.05, 3.63) is 0 Å². The Labute approximate surface area is 110 Å². The Morgan fingerprint density at radius 2 is 1.72 bits per heavy atom. The first kappa shape index (κ1) is 17.6. The van der Waals surface area contributed by atoms with E-state index in [0.29, 0.717) is 6.42 Å². The van der Waals surface area contributed by atoms with Crippen molar-refractivity contribution in [1.29, 1.82) is 0 Å². The van der Waals surface area contributed by atoms with E-state index >= 15 is 0 Å². The molecule has 0 aliphatic heterocycles. The van der Waals surface area contributed by atoms with Gasteiger partial charge in [0.25, 0.3) is 0 Å². The molecule has 0 rings (SSSR count). The Morgan fingerprint density at radius 1 is 1.22 bits per heavy atom. The van der Waals surface area contributed by atoms with E-state index in [-0.39, 0.29) is 12.1 Å². The van der Waals surface area contributed by atoms with Gasteiger partial charge in [-0.05, 0) is 27.2 Å². The summed E-state index contributed by atoms with van der Waals surface area (Å²) in [6.45, 7) is 7.32. The van der Waals surface area contributed by atoms with Crippen LogP contribution < -0.4 is 0 Å². The molecular formula is C12H25O5P. The average Bonchev–Trinajstić information content (AvgIpc) is 2.27. The second-order valence-electron chi connectivity index (χ2n) is 5.22. The van der Waals surface area contributed by atoms with Crippen molar-refractivity contribution in [3.63, 3.8) is 0 Å². The molecular weight excluding hydrogens is 255 g/mol. The zero-order valence-corrected chi connectivity index (χ0v) is 13.1. The first-order valence-corrected chi connectivity index (χ1v) is 7.83. The molecule has 0 saturated carbocycles. The van der Waals surface area contributed by atoms with Gasteiger partial charge in [0, 0.05) is 14.2 Å². The normalized spacial score (nSPS) is 14.3. The molecule has 5 nitrogen and oxygen atoms in total. The van der Waals surface area contributed by atoms with Gasteiger partial charge in [-0.1, -0.05) is 13.3 Å². The van der Waals surface area contributed by atoms with Crippen molar-refractivity contribution < 1.29 is 23.1 Å². The molecule has 1 atom stereocenters. The van der Waals surface area contributed by atoms with Crippen LogP contribution in [-0.2, 0) is 23.1 Å². The highest BCUT2D eigenvalue weighted by Gasteiger charge is 2.31. The van der Waals surface area contributed by atoms with Gasteiger partial charge >= 0.3 is 13.6 Å². The van der Waals surface area contributed by atoms with E-state index in [1.807, 2.05) is 6.92 Å². The molecule has 0 aliphatic carbocycles. The molecule has 0 spiro atoms. The highest BCUT2D eigenvalue weighted by Crippen LogP contribution is 2.47. The van der Waals surface area contributed by atoms with Gasteiger partial charge in [0.1, 0.15) is 6.10 Å². The fourth-order valence-corrected chi connectivity index (χ4v) is 2.51. The van der Waals surface area contributed by atoms with Crippen LogP contribution in [0.5, 0.6) is 0 Å². The van der Waals surface area contributed by atoms with Crippen LogP contribution in [0.25, 0.3) is 0 Å². The van der Waals surface area contributed by atoms with Gasteiger partial charge in [-0.15, -0.1) is 0 Å². The molecule has 0 aromatic heterocycles. The molecule has 6 heteroatoms. The van der Waals surface area contributed by atoms with Gasteiger partial charge in [0.05, 0.1) is 11.6 Å². The van der Waals surface area contributed by atoms with E-state index in [4.69, 9.17) is 13.8 Å². The summed E-state index contributed by atoms with van der Waals surface area (Å²) < 4.78 is 27.2. The number of hydrogen-bond acceptors (Lipinski definition) is 5. The molecule has 0 bridgehead atoms. The SMILES string of the molecule is CCCC(CP(=O)(OC)OC)OC(=O)C(C)(C)C. The Hall–Kier alpha value is -0.380. The lowest BCUT2D eigenvalue weighted by Crippen LogP contribution is -2.30. The third kappa shape index (κ3) is 5.98. The molecule has 0 fully saturated rings. The maximum Gasteiger partial charge on any atom is 0.333 e. The topological polar surface area (TPSA) is 61.8 Å². The predicted molar refractivity (Wildman–Crippen MR) is 70.7 cm³/mol. The second kappa shape index (κ2) is 7.27. The molecule has 18 heavy (non-hydrogen) atoms. The van der Waals surface area contributed by atoms with Crippen molar-refractivity contribution in [2.24, 2.45) is 5.41 Å². The van der Waals surface area contributed by atoms with Crippen LogP contribution >= 0.6 is 7.60 Å². The van der Waals surface area contributed by atoms with E-state index in [1.54, 1.807) is 20.8 Å². The molecule has 0 N–H and O–H groups in total. The van der Waals surface area contributed by atoms with Gasteiger partial charge in [-0.3, -0.25) is 9.36 Å². The molecule has 108 valence electrons. The summed E-state index contributed by atoms with van der Waals surface area (Å²) >= 11 is 0. The van der Waals surface area contributed by atoms with Crippen LogP contribution in [0.2, 0.25) is 0 Å². The van der Waals surface area contributed by atoms with Gasteiger partial charge in [-0.25, -0.2) is 0 Å². The number of carbonyl (C=O) groups is 1. The lowest BCUT2D eigenvalue weighted by Gasteiger charge is -2.25. The summed E-state index contributed by atoms with van der Waals surface area (Å²) in [5, 5.41) is 0. The Bertz CT molecular complexity index is 300. The van der Waals surface area contributed by atoms with E-state index in [1.165, 1.54) is 14.2 Å². The maximum absolute atomic E-state index is 12.0. The average molecular weight is 280 g/mol. The maximum atomic E-state index is 12.0. The van der Waals surface area contributed by atoms with Crippen molar-refractivity contribution >= 4 is 13.6 Å². The number of esters is 1.